The van der Waals surface area contributed by atoms with Crippen molar-refractivity contribution in [3.05, 3.63) is 79.6 Å². The Morgan fingerprint density at radius 1 is 1.12 bits per heavy atom. The van der Waals surface area contributed by atoms with Crippen LogP contribution in [0.5, 0.6) is 0 Å². The number of benzene rings is 1. The summed E-state index contributed by atoms with van der Waals surface area (Å²) in [5, 5.41) is 4.85. The van der Waals surface area contributed by atoms with E-state index in [9.17, 15) is 9.18 Å². The quantitative estimate of drug-likeness (QED) is 0.550. The summed E-state index contributed by atoms with van der Waals surface area (Å²) in [4.78, 5) is 16.6. The van der Waals surface area contributed by atoms with Crippen LogP contribution >= 0.6 is 34.8 Å². The molecule has 0 aliphatic carbocycles. The molecule has 2 heterocycles. The Balaban J connectivity index is 2.02. The van der Waals surface area contributed by atoms with E-state index >= 15 is 0 Å². The van der Waals surface area contributed by atoms with E-state index in [2.05, 4.69) is 10.1 Å². The van der Waals surface area contributed by atoms with E-state index in [4.69, 9.17) is 34.8 Å². The smallest absolute Gasteiger partial charge is 0.267 e. The van der Waals surface area contributed by atoms with Crippen molar-refractivity contribution < 1.29 is 9.18 Å². The predicted molar refractivity (Wildman–Crippen MR) is 99.9 cm³/mol. The lowest BCUT2D eigenvalue weighted by Crippen LogP contribution is -2.16. The maximum absolute atomic E-state index is 14.1. The SMILES string of the molecule is Cc1nn(C(=O)c2cc(Cl)nc(Cl)c2)c(C)c1Cc1c(F)cccc1Cl. The van der Waals surface area contributed by atoms with Crippen LogP contribution in [-0.2, 0) is 6.42 Å². The zero-order valence-corrected chi connectivity index (χ0v) is 16.1. The van der Waals surface area contributed by atoms with Crippen LogP contribution in [0.15, 0.2) is 30.3 Å². The zero-order chi connectivity index (χ0) is 19.0. The summed E-state index contributed by atoms with van der Waals surface area (Å²) in [5.74, 6) is -0.800. The average Bonchev–Trinajstić information content (AvgIpc) is 2.84. The minimum absolute atomic E-state index is 0.112. The van der Waals surface area contributed by atoms with Crippen molar-refractivity contribution in [3.8, 4) is 0 Å². The molecule has 26 heavy (non-hydrogen) atoms. The molecule has 0 unspecified atom stereocenters. The van der Waals surface area contributed by atoms with Crippen molar-refractivity contribution in [2.75, 3.05) is 0 Å². The van der Waals surface area contributed by atoms with E-state index in [1.807, 2.05) is 0 Å². The monoisotopic (exact) mass is 411 g/mol. The number of aromatic nitrogens is 3. The number of pyridine rings is 1. The van der Waals surface area contributed by atoms with Crippen LogP contribution in [0.4, 0.5) is 4.39 Å². The van der Waals surface area contributed by atoms with Gasteiger partial charge in [0.05, 0.1) is 5.69 Å². The first-order valence-corrected chi connectivity index (χ1v) is 8.77. The molecule has 8 heteroatoms. The molecular weight excluding hydrogens is 400 g/mol. The third-order valence-corrected chi connectivity index (χ3v) is 4.80. The number of carbonyl (C=O) groups excluding carboxylic acids is 1. The fourth-order valence-electron chi connectivity index (χ4n) is 2.72. The van der Waals surface area contributed by atoms with Gasteiger partial charge in [-0.15, -0.1) is 0 Å². The van der Waals surface area contributed by atoms with Gasteiger partial charge >= 0.3 is 0 Å². The molecule has 0 saturated heterocycles. The van der Waals surface area contributed by atoms with Crippen molar-refractivity contribution in [1.82, 2.24) is 14.8 Å². The van der Waals surface area contributed by atoms with Crippen LogP contribution in [0.3, 0.4) is 0 Å². The lowest BCUT2D eigenvalue weighted by atomic mass is 10.0. The number of halogens is 4. The standard InChI is InChI=1S/C18H13Cl3FN3O/c1-9-12(8-13-14(19)4-3-5-15(13)22)10(2)25(24-9)18(26)11-6-16(20)23-17(21)7-11/h3-7H,8H2,1-2H3. The fraction of sp³-hybridized carbons (Fsp3) is 0.167. The van der Waals surface area contributed by atoms with Gasteiger partial charge in [-0.1, -0.05) is 40.9 Å². The minimum atomic E-state index is -0.400. The molecule has 134 valence electrons. The van der Waals surface area contributed by atoms with Crippen molar-refractivity contribution in [3.63, 3.8) is 0 Å². The lowest BCUT2D eigenvalue weighted by Gasteiger charge is -2.07. The van der Waals surface area contributed by atoms with Crippen molar-refractivity contribution in [2.24, 2.45) is 0 Å². The van der Waals surface area contributed by atoms with Gasteiger partial charge in [0, 0.05) is 33.8 Å². The third kappa shape index (κ3) is 3.61. The molecule has 2 aromatic heterocycles. The molecule has 0 radical (unpaired) electrons. The summed E-state index contributed by atoms with van der Waals surface area (Å²) >= 11 is 17.8. The molecule has 0 atom stereocenters. The molecule has 0 spiro atoms. The summed E-state index contributed by atoms with van der Waals surface area (Å²) in [5.41, 5.74) is 2.56. The van der Waals surface area contributed by atoms with Crippen LogP contribution in [0.2, 0.25) is 15.3 Å². The Kier molecular flexibility index (Phi) is 5.32. The second-order valence-electron chi connectivity index (χ2n) is 5.74. The van der Waals surface area contributed by atoms with Gasteiger partial charge in [-0.2, -0.15) is 5.10 Å². The van der Waals surface area contributed by atoms with E-state index in [0.717, 1.165) is 5.56 Å². The van der Waals surface area contributed by atoms with Gasteiger partial charge < -0.3 is 0 Å². The van der Waals surface area contributed by atoms with Crippen molar-refractivity contribution in [1.29, 1.82) is 0 Å². The highest BCUT2D eigenvalue weighted by Crippen LogP contribution is 2.26. The molecule has 0 aliphatic rings. The summed E-state index contributed by atoms with van der Waals surface area (Å²) in [6, 6.07) is 7.35. The lowest BCUT2D eigenvalue weighted by molar-refractivity contribution is 0.0942. The van der Waals surface area contributed by atoms with E-state index in [1.165, 1.54) is 22.9 Å². The summed E-state index contributed by atoms with van der Waals surface area (Å²) < 4.78 is 15.4. The molecule has 0 N–H and O–H groups in total. The molecule has 0 saturated carbocycles. The second kappa shape index (κ2) is 7.35. The summed E-state index contributed by atoms with van der Waals surface area (Å²) in [6.07, 6.45) is 0.230. The largest absolute Gasteiger partial charge is 0.278 e. The van der Waals surface area contributed by atoms with Crippen LogP contribution in [0.1, 0.15) is 32.9 Å². The Labute approximate surface area is 164 Å². The molecule has 3 aromatic rings. The summed E-state index contributed by atoms with van der Waals surface area (Å²) in [7, 11) is 0. The number of rotatable bonds is 3. The Bertz CT molecular complexity index is 977. The number of hydrogen-bond donors (Lipinski definition) is 0. The Hall–Kier alpha value is -1.95. The van der Waals surface area contributed by atoms with E-state index < -0.39 is 11.7 Å². The molecule has 1 aromatic carbocycles. The first-order chi connectivity index (χ1) is 12.3. The van der Waals surface area contributed by atoms with Crippen LogP contribution < -0.4 is 0 Å². The van der Waals surface area contributed by atoms with E-state index in [0.29, 0.717) is 22.0 Å². The Morgan fingerprint density at radius 3 is 2.38 bits per heavy atom. The van der Waals surface area contributed by atoms with E-state index in [-0.39, 0.29) is 22.3 Å². The van der Waals surface area contributed by atoms with E-state index in [1.54, 1.807) is 26.0 Å². The molecule has 0 amide bonds. The minimum Gasteiger partial charge on any atom is -0.267 e. The fourth-order valence-corrected chi connectivity index (χ4v) is 3.41. The predicted octanol–water partition coefficient (Wildman–Crippen LogP) is 5.27. The van der Waals surface area contributed by atoms with Gasteiger partial charge in [-0.25, -0.2) is 14.1 Å². The van der Waals surface area contributed by atoms with Crippen LogP contribution in [0.25, 0.3) is 0 Å². The highest BCUT2D eigenvalue weighted by molar-refractivity contribution is 6.33. The average molecular weight is 413 g/mol. The van der Waals surface area contributed by atoms with Gasteiger partial charge in [-0.3, -0.25) is 4.79 Å². The van der Waals surface area contributed by atoms with Gasteiger partial charge in [-0.05, 0) is 38.1 Å². The summed E-state index contributed by atoms with van der Waals surface area (Å²) in [6.45, 7) is 3.50. The van der Waals surface area contributed by atoms with Gasteiger partial charge in [0.1, 0.15) is 16.1 Å². The maximum Gasteiger partial charge on any atom is 0.278 e. The third-order valence-electron chi connectivity index (χ3n) is 4.06. The van der Waals surface area contributed by atoms with Crippen molar-refractivity contribution in [2.45, 2.75) is 20.3 Å². The number of hydrogen-bond acceptors (Lipinski definition) is 3. The molecule has 0 fully saturated rings. The van der Waals surface area contributed by atoms with Gasteiger partial charge in [0.15, 0.2) is 0 Å². The Morgan fingerprint density at radius 2 is 1.77 bits per heavy atom. The molecule has 0 aliphatic heterocycles. The molecule has 3 rings (SSSR count). The second-order valence-corrected chi connectivity index (χ2v) is 6.93. The van der Waals surface area contributed by atoms with Gasteiger partial charge in [0.25, 0.3) is 5.91 Å². The maximum atomic E-state index is 14.1. The van der Waals surface area contributed by atoms with Crippen LogP contribution in [0, 0.1) is 19.7 Å². The zero-order valence-electron chi connectivity index (χ0n) is 13.9. The van der Waals surface area contributed by atoms with Crippen molar-refractivity contribution >= 4 is 40.7 Å². The number of carbonyl (C=O) groups is 1. The van der Waals surface area contributed by atoms with Crippen LogP contribution in [-0.4, -0.2) is 20.7 Å². The topological polar surface area (TPSA) is 47.8 Å². The molecule has 0 bridgehead atoms. The molecule has 4 nitrogen and oxygen atoms in total. The normalized spacial score (nSPS) is 11.0. The highest BCUT2D eigenvalue weighted by Gasteiger charge is 2.20. The first-order valence-electron chi connectivity index (χ1n) is 7.63. The highest BCUT2D eigenvalue weighted by atomic mass is 35.5. The first kappa shape index (κ1) is 18.8. The molecular formula is C18H13Cl3FN3O. The number of nitrogens with zero attached hydrogens (tertiary/aromatic N) is 3. The number of aryl methyl sites for hydroxylation is 1. The van der Waals surface area contributed by atoms with Gasteiger partial charge in [0.2, 0.25) is 0 Å².